The van der Waals surface area contributed by atoms with Crippen molar-refractivity contribution < 1.29 is 4.39 Å². The van der Waals surface area contributed by atoms with Gasteiger partial charge < -0.3 is 5.32 Å². The monoisotopic (exact) mass is 303 g/mol. The van der Waals surface area contributed by atoms with Crippen molar-refractivity contribution in [3.63, 3.8) is 0 Å². The van der Waals surface area contributed by atoms with Gasteiger partial charge in [0.15, 0.2) is 0 Å². The molecule has 0 saturated carbocycles. The molecule has 1 nitrogen and oxygen atoms in total. The van der Waals surface area contributed by atoms with Gasteiger partial charge in [-0.3, -0.25) is 0 Å². The lowest BCUT2D eigenvalue weighted by molar-refractivity contribution is 0.616. The van der Waals surface area contributed by atoms with Crippen LogP contribution < -0.4 is 5.32 Å². The quantitative estimate of drug-likeness (QED) is 0.912. The highest BCUT2D eigenvalue weighted by Gasteiger charge is 2.14. The summed E-state index contributed by atoms with van der Waals surface area (Å²) in [5.74, 6) is 1.10. The highest BCUT2D eigenvalue weighted by atomic mass is 79.9. The van der Waals surface area contributed by atoms with E-state index in [0.717, 1.165) is 23.9 Å². The molecule has 4 heteroatoms. The van der Waals surface area contributed by atoms with Crippen LogP contribution in [0.4, 0.5) is 4.39 Å². The largest absolute Gasteiger partial charge is 0.312 e. The topological polar surface area (TPSA) is 12.0 Å². The molecule has 0 spiro atoms. The Kier molecular flexibility index (Phi) is 4.67. The third kappa shape index (κ3) is 3.47. The molecule has 0 aliphatic carbocycles. The minimum absolute atomic E-state index is 0.199. The smallest absolute Gasteiger partial charge is 0.137 e. The maximum Gasteiger partial charge on any atom is 0.137 e. The zero-order valence-corrected chi connectivity index (χ0v) is 11.4. The van der Waals surface area contributed by atoms with Crippen molar-refractivity contribution in [1.29, 1.82) is 0 Å². The SMILES string of the molecule is Fc1ccc(CNCC2CCCS2)cc1Br. The van der Waals surface area contributed by atoms with Gasteiger partial charge in [-0.25, -0.2) is 4.39 Å². The van der Waals surface area contributed by atoms with Gasteiger partial charge in [0.05, 0.1) is 4.47 Å². The lowest BCUT2D eigenvalue weighted by Gasteiger charge is -2.10. The van der Waals surface area contributed by atoms with E-state index >= 15 is 0 Å². The molecule has 1 heterocycles. The maximum absolute atomic E-state index is 13.0. The Hall–Kier alpha value is -0.0600. The van der Waals surface area contributed by atoms with Crippen molar-refractivity contribution in [3.05, 3.63) is 34.1 Å². The molecule has 1 unspecified atom stereocenters. The molecule has 88 valence electrons. The van der Waals surface area contributed by atoms with Gasteiger partial charge in [0.1, 0.15) is 5.82 Å². The maximum atomic E-state index is 13.0. The summed E-state index contributed by atoms with van der Waals surface area (Å²) in [5, 5.41) is 4.19. The summed E-state index contributed by atoms with van der Waals surface area (Å²) in [6, 6.07) is 5.17. The van der Waals surface area contributed by atoms with Gasteiger partial charge in [-0.1, -0.05) is 6.07 Å². The third-order valence-corrected chi connectivity index (χ3v) is 4.71. The first-order valence-electron chi connectivity index (χ1n) is 5.52. The number of rotatable bonds is 4. The number of thioether (sulfide) groups is 1. The first-order chi connectivity index (χ1) is 7.75. The Morgan fingerprint density at radius 2 is 2.38 bits per heavy atom. The van der Waals surface area contributed by atoms with E-state index in [2.05, 4.69) is 33.0 Å². The van der Waals surface area contributed by atoms with Crippen LogP contribution in [0.2, 0.25) is 0 Å². The molecule has 0 bridgehead atoms. The van der Waals surface area contributed by atoms with Gasteiger partial charge >= 0.3 is 0 Å². The van der Waals surface area contributed by atoms with Crippen molar-refractivity contribution >= 4 is 27.7 Å². The van der Waals surface area contributed by atoms with E-state index in [4.69, 9.17) is 0 Å². The van der Waals surface area contributed by atoms with Gasteiger partial charge in [-0.05, 0) is 52.2 Å². The van der Waals surface area contributed by atoms with E-state index < -0.39 is 0 Å². The Morgan fingerprint density at radius 3 is 3.06 bits per heavy atom. The molecule has 1 saturated heterocycles. The number of halogens is 2. The van der Waals surface area contributed by atoms with E-state index in [1.807, 2.05) is 12.1 Å². The lowest BCUT2D eigenvalue weighted by atomic mass is 10.2. The standard InChI is InChI=1S/C12H15BrFNS/c13-11-6-9(3-4-12(11)14)7-15-8-10-2-1-5-16-10/h3-4,6,10,15H,1-2,5,7-8H2. The minimum Gasteiger partial charge on any atom is -0.312 e. The van der Waals surface area contributed by atoms with Crippen LogP contribution in [0.25, 0.3) is 0 Å². The van der Waals surface area contributed by atoms with Crippen LogP contribution in [0.1, 0.15) is 18.4 Å². The van der Waals surface area contributed by atoms with Crippen molar-refractivity contribution in [3.8, 4) is 0 Å². The zero-order valence-electron chi connectivity index (χ0n) is 9.01. The first kappa shape index (κ1) is 12.4. The summed E-state index contributed by atoms with van der Waals surface area (Å²) >= 11 is 5.25. The summed E-state index contributed by atoms with van der Waals surface area (Å²) in [6.07, 6.45) is 2.67. The second-order valence-electron chi connectivity index (χ2n) is 4.01. The Morgan fingerprint density at radius 1 is 1.50 bits per heavy atom. The molecule has 1 aromatic carbocycles. The second kappa shape index (κ2) is 6.03. The fourth-order valence-corrected chi connectivity index (χ4v) is 3.49. The van der Waals surface area contributed by atoms with Crippen LogP contribution in [-0.4, -0.2) is 17.5 Å². The molecule has 1 atom stereocenters. The highest BCUT2D eigenvalue weighted by Crippen LogP contribution is 2.25. The predicted octanol–water partition coefficient (Wildman–Crippen LogP) is 3.57. The third-order valence-electron chi connectivity index (χ3n) is 2.71. The second-order valence-corrected chi connectivity index (χ2v) is 6.28. The molecule has 1 aromatic rings. The van der Waals surface area contributed by atoms with E-state index in [1.54, 1.807) is 0 Å². The molecule has 0 radical (unpaired) electrons. The van der Waals surface area contributed by atoms with Crippen LogP contribution in [0.3, 0.4) is 0 Å². The predicted molar refractivity (Wildman–Crippen MR) is 71.3 cm³/mol. The number of hydrogen-bond acceptors (Lipinski definition) is 2. The van der Waals surface area contributed by atoms with Gasteiger partial charge in [0, 0.05) is 18.3 Å². The molecule has 16 heavy (non-hydrogen) atoms. The summed E-state index contributed by atoms with van der Waals surface area (Å²) in [4.78, 5) is 0. The summed E-state index contributed by atoms with van der Waals surface area (Å²) in [7, 11) is 0. The van der Waals surface area contributed by atoms with Crippen molar-refractivity contribution in [1.82, 2.24) is 5.32 Å². The van der Waals surface area contributed by atoms with E-state index in [1.165, 1.54) is 24.7 Å². The molecular formula is C12H15BrFNS. The van der Waals surface area contributed by atoms with Crippen LogP contribution in [-0.2, 0) is 6.54 Å². The first-order valence-corrected chi connectivity index (χ1v) is 7.36. The van der Waals surface area contributed by atoms with Crippen LogP contribution in [0, 0.1) is 5.82 Å². The van der Waals surface area contributed by atoms with E-state index in [0.29, 0.717) is 4.47 Å². The van der Waals surface area contributed by atoms with Gasteiger partial charge in [0.25, 0.3) is 0 Å². The van der Waals surface area contributed by atoms with Crippen molar-refractivity contribution in [2.45, 2.75) is 24.6 Å². The van der Waals surface area contributed by atoms with Gasteiger partial charge in [0.2, 0.25) is 0 Å². The minimum atomic E-state index is -0.199. The summed E-state index contributed by atoms with van der Waals surface area (Å²) < 4.78 is 13.5. The number of hydrogen-bond donors (Lipinski definition) is 1. The molecule has 1 aliphatic rings. The normalized spacial score (nSPS) is 20.2. The fraction of sp³-hybridized carbons (Fsp3) is 0.500. The highest BCUT2D eigenvalue weighted by molar-refractivity contribution is 9.10. The van der Waals surface area contributed by atoms with E-state index in [9.17, 15) is 4.39 Å². The Balaban J connectivity index is 1.78. The Bertz CT molecular complexity index is 353. The molecule has 1 aliphatic heterocycles. The average molecular weight is 304 g/mol. The molecule has 0 aromatic heterocycles. The molecule has 1 fully saturated rings. The van der Waals surface area contributed by atoms with Crippen LogP contribution >= 0.6 is 27.7 Å². The van der Waals surface area contributed by atoms with Gasteiger partial charge in [-0.15, -0.1) is 0 Å². The zero-order chi connectivity index (χ0) is 11.4. The number of benzene rings is 1. The summed E-state index contributed by atoms with van der Waals surface area (Å²) in [6.45, 7) is 1.87. The number of nitrogens with one attached hydrogen (secondary N) is 1. The Labute approximate surface area is 108 Å². The van der Waals surface area contributed by atoms with Crippen molar-refractivity contribution in [2.24, 2.45) is 0 Å². The molecule has 0 amide bonds. The molecular weight excluding hydrogens is 289 g/mol. The van der Waals surface area contributed by atoms with Crippen molar-refractivity contribution in [2.75, 3.05) is 12.3 Å². The van der Waals surface area contributed by atoms with Gasteiger partial charge in [-0.2, -0.15) is 11.8 Å². The summed E-state index contributed by atoms with van der Waals surface area (Å²) in [5.41, 5.74) is 1.12. The molecule has 2 rings (SSSR count). The van der Waals surface area contributed by atoms with Crippen LogP contribution in [0.15, 0.2) is 22.7 Å². The fourth-order valence-electron chi connectivity index (χ4n) is 1.83. The van der Waals surface area contributed by atoms with E-state index in [-0.39, 0.29) is 5.82 Å². The van der Waals surface area contributed by atoms with Crippen LogP contribution in [0.5, 0.6) is 0 Å². The lowest BCUT2D eigenvalue weighted by Crippen LogP contribution is -2.22. The molecule has 1 N–H and O–H groups in total. The average Bonchev–Trinajstić information content (AvgIpc) is 2.76.